The first-order valence-corrected chi connectivity index (χ1v) is 7.75. The van der Waals surface area contributed by atoms with Gasteiger partial charge in [-0.25, -0.2) is 0 Å². The van der Waals surface area contributed by atoms with Crippen molar-refractivity contribution in [1.82, 2.24) is 0 Å². The van der Waals surface area contributed by atoms with Gasteiger partial charge >= 0.3 is 0 Å². The van der Waals surface area contributed by atoms with Gasteiger partial charge < -0.3 is 15.0 Å². The molecular formula is C19H22N2O3. The Labute approximate surface area is 142 Å². The van der Waals surface area contributed by atoms with Crippen LogP contribution in [0.2, 0.25) is 0 Å². The van der Waals surface area contributed by atoms with Crippen LogP contribution in [0.5, 0.6) is 5.75 Å². The van der Waals surface area contributed by atoms with E-state index in [1.165, 1.54) is 11.8 Å². The third-order valence-electron chi connectivity index (χ3n) is 3.67. The molecule has 1 atom stereocenters. The van der Waals surface area contributed by atoms with Gasteiger partial charge in [0.05, 0.1) is 0 Å². The molecule has 0 spiro atoms. The number of amides is 2. The molecular weight excluding hydrogens is 304 g/mol. The largest absolute Gasteiger partial charge is 0.481 e. The van der Waals surface area contributed by atoms with Crippen LogP contribution in [0, 0.1) is 6.92 Å². The lowest BCUT2D eigenvalue weighted by molar-refractivity contribution is -0.122. The third kappa shape index (κ3) is 4.59. The Bertz CT molecular complexity index is 726. The van der Waals surface area contributed by atoms with E-state index in [4.69, 9.17) is 4.74 Å². The molecule has 0 aliphatic carbocycles. The summed E-state index contributed by atoms with van der Waals surface area (Å²) in [7, 11) is 1.70. The highest BCUT2D eigenvalue weighted by Gasteiger charge is 2.15. The van der Waals surface area contributed by atoms with E-state index >= 15 is 0 Å². The van der Waals surface area contributed by atoms with E-state index in [-0.39, 0.29) is 11.8 Å². The van der Waals surface area contributed by atoms with Crippen molar-refractivity contribution >= 4 is 23.2 Å². The van der Waals surface area contributed by atoms with Crippen LogP contribution in [-0.4, -0.2) is 25.0 Å². The smallest absolute Gasteiger partial charge is 0.265 e. The first-order chi connectivity index (χ1) is 11.4. The number of aryl methyl sites for hydroxylation is 1. The second-order valence-corrected chi connectivity index (χ2v) is 5.69. The maximum atomic E-state index is 12.2. The van der Waals surface area contributed by atoms with Gasteiger partial charge in [-0.05, 0) is 55.8 Å². The minimum absolute atomic E-state index is 0.0491. The molecule has 0 unspecified atom stereocenters. The summed E-state index contributed by atoms with van der Waals surface area (Å²) >= 11 is 0. The maximum absolute atomic E-state index is 12.2. The van der Waals surface area contributed by atoms with Crippen LogP contribution in [0.3, 0.4) is 0 Å². The topological polar surface area (TPSA) is 58.6 Å². The van der Waals surface area contributed by atoms with E-state index in [2.05, 4.69) is 5.32 Å². The van der Waals surface area contributed by atoms with E-state index in [9.17, 15) is 9.59 Å². The third-order valence-corrected chi connectivity index (χ3v) is 3.67. The molecule has 24 heavy (non-hydrogen) atoms. The number of carbonyl (C=O) groups excluding carboxylic acids is 2. The summed E-state index contributed by atoms with van der Waals surface area (Å²) in [5.74, 6) is 0.382. The molecule has 0 radical (unpaired) electrons. The Morgan fingerprint density at radius 2 is 1.79 bits per heavy atom. The van der Waals surface area contributed by atoms with Crippen LogP contribution in [-0.2, 0) is 9.59 Å². The fraction of sp³-hybridized carbons (Fsp3) is 0.263. The van der Waals surface area contributed by atoms with Crippen LogP contribution in [0.25, 0.3) is 0 Å². The van der Waals surface area contributed by atoms with Crippen molar-refractivity contribution in [2.24, 2.45) is 0 Å². The molecule has 2 aromatic carbocycles. The summed E-state index contributed by atoms with van der Waals surface area (Å²) in [5, 5.41) is 2.80. The van der Waals surface area contributed by atoms with Crippen LogP contribution < -0.4 is 15.0 Å². The molecule has 0 saturated carbocycles. The van der Waals surface area contributed by atoms with Crippen molar-refractivity contribution in [3.05, 3.63) is 54.1 Å². The Hall–Kier alpha value is -2.82. The molecule has 0 aliphatic heterocycles. The van der Waals surface area contributed by atoms with E-state index in [1.807, 2.05) is 31.2 Å². The predicted octanol–water partition coefficient (Wildman–Crippen LogP) is 3.38. The van der Waals surface area contributed by atoms with Gasteiger partial charge in [0.15, 0.2) is 6.10 Å². The van der Waals surface area contributed by atoms with Crippen molar-refractivity contribution in [2.45, 2.75) is 26.9 Å². The lowest BCUT2D eigenvalue weighted by Gasteiger charge is -2.17. The molecule has 2 rings (SSSR count). The van der Waals surface area contributed by atoms with Gasteiger partial charge in [0.25, 0.3) is 5.91 Å². The molecule has 2 amide bonds. The van der Waals surface area contributed by atoms with Crippen molar-refractivity contribution < 1.29 is 14.3 Å². The Morgan fingerprint density at radius 3 is 2.38 bits per heavy atom. The van der Waals surface area contributed by atoms with Gasteiger partial charge in [-0.15, -0.1) is 0 Å². The molecule has 126 valence electrons. The van der Waals surface area contributed by atoms with Gasteiger partial charge in [-0.3, -0.25) is 9.59 Å². The molecule has 5 nitrogen and oxygen atoms in total. The number of ether oxygens (including phenoxy) is 1. The van der Waals surface area contributed by atoms with Gasteiger partial charge in [-0.2, -0.15) is 0 Å². The average molecular weight is 326 g/mol. The second kappa shape index (κ2) is 7.64. The van der Waals surface area contributed by atoms with Crippen LogP contribution in [0.15, 0.2) is 48.5 Å². The molecule has 5 heteroatoms. The Kier molecular flexibility index (Phi) is 5.58. The highest BCUT2D eigenvalue weighted by Crippen LogP contribution is 2.18. The van der Waals surface area contributed by atoms with Gasteiger partial charge in [0, 0.05) is 25.3 Å². The summed E-state index contributed by atoms with van der Waals surface area (Å²) < 4.78 is 5.66. The monoisotopic (exact) mass is 326 g/mol. The second-order valence-electron chi connectivity index (χ2n) is 5.69. The normalized spacial score (nSPS) is 11.5. The number of anilines is 2. The van der Waals surface area contributed by atoms with E-state index in [0.29, 0.717) is 11.4 Å². The number of benzene rings is 2. The molecule has 0 saturated heterocycles. The maximum Gasteiger partial charge on any atom is 0.265 e. The zero-order chi connectivity index (χ0) is 17.7. The van der Waals surface area contributed by atoms with Crippen molar-refractivity contribution in [1.29, 1.82) is 0 Å². The fourth-order valence-electron chi connectivity index (χ4n) is 2.14. The number of hydrogen-bond donors (Lipinski definition) is 1. The molecule has 1 N–H and O–H groups in total. The SMILES string of the molecule is CC(=O)N(C)c1ccc(NC(=O)[C@@H](C)Oc2cccc(C)c2)cc1. The van der Waals surface area contributed by atoms with Gasteiger partial charge in [-0.1, -0.05) is 12.1 Å². The van der Waals surface area contributed by atoms with Gasteiger partial charge in [0.1, 0.15) is 5.75 Å². The van der Waals surface area contributed by atoms with Crippen LogP contribution in [0.4, 0.5) is 11.4 Å². The van der Waals surface area contributed by atoms with E-state index in [1.54, 1.807) is 38.2 Å². The number of rotatable bonds is 5. The molecule has 0 aromatic heterocycles. The minimum atomic E-state index is -0.619. The molecule has 2 aromatic rings. The Morgan fingerprint density at radius 1 is 1.12 bits per heavy atom. The summed E-state index contributed by atoms with van der Waals surface area (Å²) in [4.78, 5) is 25.1. The summed E-state index contributed by atoms with van der Waals surface area (Å²) in [6.07, 6.45) is -0.619. The number of carbonyl (C=O) groups is 2. The van der Waals surface area contributed by atoms with Crippen molar-refractivity contribution in [3.63, 3.8) is 0 Å². The molecule has 0 fully saturated rings. The fourth-order valence-corrected chi connectivity index (χ4v) is 2.14. The predicted molar refractivity (Wildman–Crippen MR) is 95.4 cm³/mol. The Balaban J connectivity index is 1.97. The highest BCUT2D eigenvalue weighted by atomic mass is 16.5. The standard InChI is InChI=1S/C19H22N2O3/c1-13-6-5-7-18(12-13)24-14(2)19(23)20-16-8-10-17(11-9-16)21(4)15(3)22/h5-12,14H,1-4H3,(H,20,23)/t14-/m1/s1. The number of nitrogens with zero attached hydrogens (tertiary/aromatic N) is 1. The van der Waals surface area contributed by atoms with E-state index < -0.39 is 6.10 Å². The van der Waals surface area contributed by atoms with Crippen LogP contribution in [0.1, 0.15) is 19.4 Å². The van der Waals surface area contributed by atoms with Crippen LogP contribution >= 0.6 is 0 Å². The van der Waals surface area contributed by atoms with E-state index in [0.717, 1.165) is 11.3 Å². The van der Waals surface area contributed by atoms with Gasteiger partial charge in [0.2, 0.25) is 5.91 Å². The zero-order valence-corrected chi connectivity index (χ0v) is 14.4. The molecule has 0 bridgehead atoms. The molecule has 0 heterocycles. The average Bonchev–Trinajstić information content (AvgIpc) is 2.54. The minimum Gasteiger partial charge on any atom is -0.481 e. The number of nitrogens with one attached hydrogen (secondary N) is 1. The van der Waals surface area contributed by atoms with Crippen molar-refractivity contribution in [2.75, 3.05) is 17.3 Å². The lowest BCUT2D eigenvalue weighted by Crippen LogP contribution is -2.30. The quantitative estimate of drug-likeness (QED) is 0.916. The summed E-state index contributed by atoms with van der Waals surface area (Å²) in [5.41, 5.74) is 2.50. The summed E-state index contributed by atoms with van der Waals surface area (Å²) in [6.45, 7) is 5.17. The lowest BCUT2D eigenvalue weighted by atomic mass is 10.2. The first kappa shape index (κ1) is 17.5. The highest BCUT2D eigenvalue weighted by molar-refractivity contribution is 5.95. The number of hydrogen-bond acceptors (Lipinski definition) is 3. The molecule has 0 aliphatic rings. The first-order valence-electron chi connectivity index (χ1n) is 7.75. The zero-order valence-electron chi connectivity index (χ0n) is 14.4. The summed E-state index contributed by atoms with van der Waals surface area (Å²) in [6, 6.07) is 14.6. The van der Waals surface area contributed by atoms with Crippen molar-refractivity contribution in [3.8, 4) is 5.75 Å².